The molecule has 0 heterocycles. The van der Waals surface area contributed by atoms with Gasteiger partial charge < -0.3 is 14.8 Å². The summed E-state index contributed by atoms with van der Waals surface area (Å²) in [6.45, 7) is 2.72. The molecule has 0 unspecified atom stereocenters. The van der Waals surface area contributed by atoms with Crippen molar-refractivity contribution in [2.24, 2.45) is 5.10 Å². The number of hydrogen-bond acceptors (Lipinski definition) is 4. The lowest BCUT2D eigenvalue weighted by Gasteiger charge is -2.14. The van der Waals surface area contributed by atoms with Gasteiger partial charge in [0.05, 0.1) is 10.7 Å². The number of urea groups is 1. The van der Waals surface area contributed by atoms with Crippen LogP contribution in [0.1, 0.15) is 22.3 Å². The fourth-order valence-corrected chi connectivity index (χ4v) is 3.86. The molecule has 0 aliphatic carbocycles. The van der Waals surface area contributed by atoms with Crippen molar-refractivity contribution in [1.82, 2.24) is 5.43 Å². The third kappa shape index (κ3) is 7.20. The number of amides is 2. The maximum absolute atomic E-state index is 12.3. The summed E-state index contributed by atoms with van der Waals surface area (Å²) in [4.78, 5) is 12.3. The summed E-state index contributed by atoms with van der Waals surface area (Å²) in [5.41, 5.74) is 6.96. The number of hydrogen-bond donors (Lipinski definition) is 2. The minimum Gasteiger partial charge on any atom is -0.488 e. The molecule has 4 rings (SSSR count). The molecule has 2 N–H and O–H groups in total. The number of benzene rings is 4. The predicted octanol–water partition coefficient (Wildman–Crippen LogP) is 7.07. The second-order valence-electron chi connectivity index (χ2n) is 8.01. The highest BCUT2D eigenvalue weighted by molar-refractivity contribution is 9.10. The zero-order chi connectivity index (χ0) is 25.2. The second-order valence-corrected chi connectivity index (χ2v) is 8.86. The third-order valence-corrected chi connectivity index (χ3v) is 5.92. The van der Waals surface area contributed by atoms with Crippen LogP contribution in [0.5, 0.6) is 11.5 Å². The molecular weight excluding hydrogens is 518 g/mol. The highest BCUT2D eigenvalue weighted by Gasteiger charge is 2.11. The van der Waals surface area contributed by atoms with Crippen molar-refractivity contribution in [3.05, 3.63) is 124 Å². The van der Waals surface area contributed by atoms with Gasteiger partial charge in [-0.15, -0.1) is 0 Å². The molecule has 0 bridgehead atoms. The lowest BCUT2D eigenvalue weighted by Crippen LogP contribution is -2.24. The van der Waals surface area contributed by atoms with Crippen LogP contribution in [0.25, 0.3) is 0 Å². The van der Waals surface area contributed by atoms with Crippen LogP contribution < -0.4 is 20.2 Å². The molecule has 36 heavy (non-hydrogen) atoms. The number of anilines is 1. The normalized spacial score (nSPS) is 10.7. The summed E-state index contributed by atoms with van der Waals surface area (Å²) in [6, 6.07) is 30.6. The van der Waals surface area contributed by atoms with Crippen molar-refractivity contribution in [2.75, 3.05) is 5.32 Å². The number of halogens is 1. The molecule has 0 fully saturated rings. The maximum Gasteiger partial charge on any atom is 0.339 e. The van der Waals surface area contributed by atoms with Gasteiger partial charge >= 0.3 is 6.03 Å². The van der Waals surface area contributed by atoms with Crippen molar-refractivity contribution in [2.45, 2.75) is 20.1 Å². The number of aryl methyl sites for hydroxylation is 1. The Bertz CT molecular complexity index is 1330. The predicted molar refractivity (Wildman–Crippen MR) is 147 cm³/mol. The minimum absolute atomic E-state index is 0.378. The molecule has 7 heteroatoms. The molecule has 6 nitrogen and oxygen atoms in total. The van der Waals surface area contributed by atoms with Crippen molar-refractivity contribution < 1.29 is 14.3 Å². The van der Waals surface area contributed by atoms with Gasteiger partial charge in [-0.1, -0.05) is 78.9 Å². The van der Waals surface area contributed by atoms with E-state index in [1.54, 1.807) is 6.21 Å². The van der Waals surface area contributed by atoms with Crippen molar-refractivity contribution in [3.63, 3.8) is 0 Å². The number of carbonyl (C=O) groups is 1. The molecule has 4 aromatic carbocycles. The number of carbonyl (C=O) groups excluding carboxylic acids is 1. The summed E-state index contributed by atoms with van der Waals surface area (Å²) >= 11 is 3.58. The van der Waals surface area contributed by atoms with E-state index in [-0.39, 0.29) is 0 Å². The quantitative estimate of drug-likeness (QED) is 0.175. The van der Waals surface area contributed by atoms with E-state index in [0.29, 0.717) is 30.3 Å². The van der Waals surface area contributed by atoms with Gasteiger partial charge in [-0.2, -0.15) is 5.10 Å². The summed E-state index contributed by atoms with van der Waals surface area (Å²) < 4.78 is 12.9. The van der Waals surface area contributed by atoms with E-state index < -0.39 is 6.03 Å². The van der Waals surface area contributed by atoms with E-state index >= 15 is 0 Å². The van der Waals surface area contributed by atoms with Gasteiger partial charge in [-0.25, -0.2) is 10.2 Å². The van der Waals surface area contributed by atoms with Crippen molar-refractivity contribution in [3.8, 4) is 11.5 Å². The summed E-state index contributed by atoms with van der Waals surface area (Å²) in [5, 5.41) is 6.90. The van der Waals surface area contributed by atoms with Gasteiger partial charge in [-0.3, -0.25) is 0 Å². The Kier molecular flexibility index (Phi) is 8.72. The van der Waals surface area contributed by atoms with E-state index in [1.165, 1.54) is 0 Å². The van der Waals surface area contributed by atoms with Crippen LogP contribution in [0.2, 0.25) is 0 Å². The Morgan fingerprint density at radius 2 is 1.42 bits per heavy atom. The van der Waals surface area contributed by atoms with E-state index in [2.05, 4.69) is 31.8 Å². The Labute approximate surface area is 219 Å². The van der Waals surface area contributed by atoms with Gasteiger partial charge in [0.2, 0.25) is 0 Å². The van der Waals surface area contributed by atoms with Crippen LogP contribution in [0.4, 0.5) is 10.5 Å². The monoisotopic (exact) mass is 543 g/mol. The number of hydrazone groups is 1. The maximum atomic E-state index is 12.3. The lowest BCUT2D eigenvalue weighted by atomic mass is 10.2. The fourth-order valence-electron chi connectivity index (χ4n) is 3.38. The zero-order valence-corrected chi connectivity index (χ0v) is 21.4. The molecule has 0 saturated heterocycles. The SMILES string of the molecule is Cc1ccccc1NC(=O)NN=Cc1cc(Br)c(OCc2ccccc2)cc1OCc1ccccc1. The average Bonchev–Trinajstić information content (AvgIpc) is 2.90. The molecule has 0 aliphatic rings. The first-order valence-electron chi connectivity index (χ1n) is 11.4. The standard InChI is InChI=1S/C29H26BrN3O3/c1-21-10-8-9-15-26(21)32-29(34)33-31-18-24-16-25(30)28(36-20-23-13-6-3-7-14-23)17-27(24)35-19-22-11-4-2-5-12-22/h2-18H,19-20H2,1H3,(H2,32,33,34). The summed E-state index contributed by atoms with van der Waals surface area (Å²) in [5.74, 6) is 1.22. The van der Waals surface area contributed by atoms with Crippen LogP contribution in [0, 0.1) is 6.92 Å². The fraction of sp³-hybridized carbons (Fsp3) is 0.103. The highest BCUT2D eigenvalue weighted by atomic mass is 79.9. The number of nitrogens with zero attached hydrogens (tertiary/aromatic N) is 1. The van der Waals surface area contributed by atoms with Crippen molar-refractivity contribution >= 4 is 33.9 Å². The van der Waals surface area contributed by atoms with Gasteiger partial charge in [0.25, 0.3) is 0 Å². The first-order chi connectivity index (χ1) is 17.6. The molecule has 4 aromatic rings. The summed E-state index contributed by atoms with van der Waals surface area (Å²) in [7, 11) is 0. The van der Waals surface area contributed by atoms with Crippen LogP contribution in [-0.4, -0.2) is 12.2 Å². The Morgan fingerprint density at radius 3 is 2.06 bits per heavy atom. The van der Waals surface area contributed by atoms with E-state index in [9.17, 15) is 4.79 Å². The van der Waals surface area contributed by atoms with E-state index in [1.807, 2.05) is 104 Å². The van der Waals surface area contributed by atoms with Gasteiger partial charge in [0, 0.05) is 17.3 Å². The highest BCUT2D eigenvalue weighted by Crippen LogP contribution is 2.33. The topological polar surface area (TPSA) is 72.0 Å². The molecule has 0 atom stereocenters. The molecule has 0 radical (unpaired) electrons. The van der Waals surface area contributed by atoms with Crippen LogP contribution in [0.3, 0.4) is 0 Å². The van der Waals surface area contributed by atoms with Gasteiger partial charge in [0.15, 0.2) is 0 Å². The Balaban J connectivity index is 1.49. The average molecular weight is 544 g/mol. The van der Waals surface area contributed by atoms with E-state index in [4.69, 9.17) is 9.47 Å². The largest absolute Gasteiger partial charge is 0.488 e. The first-order valence-corrected chi connectivity index (χ1v) is 12.2. The molecule has 0 spiro atoms. The van der Waals surface area contributed by atoms with Crippen LogP contribution >= 0.6 is 15.9 Å². The lowest BCUT2D eigenvalue weighted by molar-refractivity contribution is 0.252. The summed E-state index contributed by atoms with van der Waals surface area (Å²) in [6.07, 6.45) is 1.55. The number of para-hydroxylation sites is 1. The second kappa shape index (κ2) is 12.6. The molecule has 2 amide bonds. The van der Waals surface area contributed by atoms with Crippen LogP contribution in [0.15, 0.2) is 107 Å². The first kappa shape index (κ1) is 25.0. The molecule has 0 aliphatic heterocycles. The third-order valence-electron chi connectivity index (χ3n) is 5.30. The molecule has 182 valence electrons. The number of nitrogens with one attached hydrogen (secondary N) is 2. The molecule has 0 saturated carbocycles. The Morgan fingerprint density at radius 1 is 0.833 bits per heavy atom. The van der Waals surface area contributed by atoms with Gasteiger partial charge in [0.1, 0.15) is 24.7 Å². The number of ether oxygens (including phenoxy) is 2. The van der Waals surface area contributed by atoms with Gasteiger partial charge in [-0.05, 0) is 51.7 Å². The zero-order valence-electron chi connectivity index (χ0n) is 19.8. The Hall–Kier alpha value is -4.10. The smallest absolute Gasteiger partial charge is 0.339 e. The van der Waals surface area contributed by atoms with E-state index in [0.717, 1.165) is 26.9 Å². The number of rotatable bonds is 9. The van der Waals surface area contributed by atoms with Crippen molar-refractivity contribution in [1.29, 1.82) is 0 Å². The minimum atomic E-state index is -0.436. The molecule has 0 aromatic heterocycles. The van der Waals surface area contributed by atoms with Crippen LogP contribution in [-0.2, 0) is 13.2 Å². The molecular formula is C29H26BrN3O3.